The molecule has 1 aliphatic rings. The molecule has 0 radical (unpaired) electrons. The first-order valence-corrected chi connectivity index (χ1v) is 6.35. The summed E-state index contributed by atoms with van der Waals surface area (Å²) in [6, 6.07) is 0.273. The van der Waals surface area contributed by atoms with E-state index >= 15 is 0 Å². The summed E-state index contributed by atoms with van der Waals surface area (Å²) >= 11 is 0. The number of likely N-dealkylation sites (tertiary alicyclic amines) is 1. The highest BCUT2D eigenvalue weighted by atomic mass is 16.4. The minimum absolute atomic E-state index is 0.0128. The summed E-state index contributed by atoms with van der Waals surface area (Å²) in [5.41, 5.74) is 0. The van der Waals surface area contributed by atoms with Gasteiger partial charge in [-0.2, -0.15) is 0 Å². The Bertz CT molecular complexity index is 260. The molecule has 2 N–H and O–H groups in total. The van der Waals surface area contributed by atoms with E-state index in [1.807, 2.05) is 0 Å². The van der Waals surface area contributed by atoms with Crippen LogP contribution in [-0.2, 0) is 9.59 Å². The Morgan fingerprint density at radius 2 is 1.94 bits per heavy atom. The fourth-order valence-electron chi connectivity index (χ4n) is 2.09. The summed E-state index contributed by atoms with van der Waals surface area (Å²) in [6.07, 6.45) is 2.81. The molecule has 0 saturated carbocycles. The quantitative estimate of drug-likeness (QED) is 0.724. The SMILES string of the molecule is CCN1CCC(NC(=O)CCCC(=O)O)CC1. The van der Waals surface area contributed by atoms with Crippen LogP contribution in [0.2, 0.25) is 0 Å². The van der Waals surface area contributed by atoms with Crippen molar-refractivity contribution >= 4 is 11.9 Å². The van der Waals surface area contributed by atoms with E-state index in [1.165, 1.54) is 0 Å². The molecule has 1 amide bonds. The number of carboxylic acid groups (broad SMARTS) is 1. The third-order valence-corrected chi connectivity index (χ3v) is 3.19. The molecule has 0 bridgehead atoms. The van der Waals surface area contributed by atoms with Gasteiger partial charge in [-0.05, 0) is 25.8 Å². The van der Waals surface area contributed by atoms with Crippen molar-refractivity contribution in [3.05, 3.63) is 0 Å². The second-order valence-electron chi connectivity index (χ2n) is 4.52. The van der Waals surface area contributed by atoms with Crippen molar-refractivity contribution in [3.8, 4) is 0 Å². The van der Waals surface area contributed by atoms with Crippen molar-refractivity contribution < 1.29 is 14.7 Å². The van der Waals surface area contributed by atoms with Gasteiger partial charge in [0.25, 0.3) is 0 Å². The number of carbonyl (C=O) groups is 2. The van der Waals surface area contributed by atoms with Gasteiger partial charge in [-0.1, -0.05) is 6.92 Å². The maximum Gasteiger partial charge on any atom is 0.303 e. The molecule has 1 saturated heterocycles. The Kier molecular flexibility index (Phi) is 5.97. The van der Waals surface area contributed by atoms with E-state index in [0.29, 0.717) is 12.8 Å². The third kappa shape index (κ3) is 5.68. The number of carbonyl (C=O) groups excluding carboxylic acids is 1. The zero-order valence-electron chi connectivity index (χ0n) is 10.4. The molecule has 0 aromatic heterocycles. The van der Waals surface area contributed by atoms with Gasteiger partial charge in [0.1, 0.15) is 0 Å². The zero-order chi connectivity index (χ0) is 12.7. The van der Waals surface area contributed by atoms with Crippen LogP contribution < -0.4 is 5.32 Å². The Morgan fingerprint density at radius 3 is 2.47 bits per heavy atom. The monoisotopic (exact) mass is 242 g/mol. The summed E-state index contributed by atoms with van der Waals surface area (Å²) in [5, 5.41) is 11.4. The molecule has 17 heavy (non-hydrogen) atoms. The van der Waals surface area contributed by atoms with Crippen LogP contribution in [0.4, 0.5) is 0 Å². The molecule has 5 heteroatoms. The molecule has 0 aliphatic carbocycles. The molecule has 0 unspecified atom stereocenters. The van der Waals surface area contributed by atoms with Crippen LogP contribution in [0.5, 0.6) is 0 Å². The summed E-state index contributed by atoms with van der Waals surface area (Å²) in [5.74, 6) is -0.852. The number of hydrogen-bond donors (Lipinski definition) is 2. The maximum absolute atomic E-state index is 11.5. The van der Waals surface area contributed by atoms with Gasteiger partial charge >= 0.3 is 5.97 Å². The molecular formula is C12H22N2O3. The molecule has 0 aromatic carbocycles. The lowest BCUT2D eigenvalue weighted by molar-refractivity contribution is -0.137. The molecule has 98 valence electrons. The van der Waals surface area contributed by atoms with Crippen molar-refractivity contribution in [1.29, 1.82) is 0 Å². The lowest BCUT2D eigenvalue weighted by atomic mass is 10.0. The molecule has 1 fully saturated rings. The van der Waals surface area contributed by atoms with Crippen LogP contribution in [0.1, 0.15) is 39.0 Å². The molecule has 0 aromatic rings. The number of carboxylic acids is 1. The predicted molar refractivity (Wildman–Crippen MR) is 64.8 cm³/mol. The van der Waals surface area contributed by atoms with E-state index in [0.717, 1.165) is 32.5 Å². The lowest BCUT2D eigenvalue weighted by Crippen LogP contribution is -2.44. The van der Waals surface area contributed by atoms with Crippen LogP contribution in [-0.4, -0.2) is 47.6 Å². The summed E-state index contributed by atoms with van der Waals surface area (Å²) in [6.45, 7) is 5.29. The molecular weight excluding hydrogens is 220 g/mol. The fraction of sp³-hybridized carbons (Fsp3) is 0.833. The number of nitrogens with one attached hydrogen (secondary N) is 1. The van der Waals surface area contributed by atoms with E-state index in [9.17, 15) is 9.59 Å². The Hall–Kier alpha value is -1.10. The number of piperidine rings is 1. The third-order valence-electron chi connectivity index (χ3n) is 3.19. The Morgan fingerprint density at radius 1 is 1.29 bits per heavy atom. The highest BCUT2D eigenvalue weighted by molar-refractivity contribution is 5.77. The van der Waals surface area contributed by atoms with Crippen LogP contribution >= 0.6 is 0 Å². The zero-order valence-corrected chi connectivity index (χ0v) is 10.4. The summed E-state index contributed by atoms with van der Waals surface area (Å²) in [7, 11) is 0. The van der Waals surface area contributed by atoms with Gasteiger partial charge in [-0.25, -0.2) is 0 Å². The van der Waals surface area contributed by atoms with Gasteiger partial charge in [0.15, 0.2) is 0 Å². The number of rotatable bonds is 6. The number of aliphatic carboxylic acids is 1. The van der Waals surface area contributed by atoms with Gasteiger partial charge in [-0.3, -0.25) is 9.59 Å². The van der Waals surface area contributed by atoms with Crippen molar-refractivity contribution in [2.24, 2.45) is 0 Å². The molecule has 1 heterocycles. The molecule has 0 atom stereocenters. The normalized spacial score (nSPS) is 17.9. The Balaban J connectivity index is 2.12. The van der Waals surface area contributed by atoms with E-state index in [2.05, 4.69) is 17.1 Å². The second kappa shape index (κ2) is 7.27. The van der Waals surface area contributed by atoms with Crippen LogP contribution in [0.25, 0.3) is 0 Å². The minimum atomic E-state index is -0.839. The highest BCUT2D eigenvalue weighted by Gasteiger charge is 2.19. The van der Waals surface area contributed by atoms with Crippen molar-refractivity contribution in [2.75, 3.05) is 19.6 Å². The average molecular weight is 242 g/mol. The van der Waals surface area contributed by atoms with Crippen LogP contribution in [0.15, 0.2) is 0 Å². The molecule has 0 spiro atoms. The fourth-order valence-corrected chi connectivity index (χ4v) is 2.09. The van der Waals surface area contributed by atoms with Crippen molar-refractivity contribution in [3.63, 3.8) is 0 Å². The topological polar surface area (TPSA) is 69.6 Å². The van der Waals surface area contributed by atoms with Gasteiger partial charge in [-0.15, -0.1) is 0 Å². The number of amides is 1. The lowest BCUT2D eigenvalue weighted by Gasteiger charge is -2.31. The van der Waals surface area contributed by atoms with E-state index in [1.54, 1.807) is 0 Å². The van der Waals surface area contributed by atoms with Crippen LogP contribution in [0, 0.1) is 0 Å². The van der Waals surface area contributed by atoms with Gasteiger partial charge in [0.05, 0.1) is 0 Å². The van der Waals surface area contributed by atoms with E-state index in [4.69, 9.17) is 5.11 Å². The molecule has 1 rings (SSSR count). The number of nitrogens with zero attached hydrogens (tertiary/aromatic N) is 1. The highest BCUT2D eigenvalue weighted by Crippen LogP contribution is 2.10. The predicted octanol–water partition coefficient (Wildman–Crippen LogP) is 0.842. The first-order chi connectivity index (χ1) is 8.11. The second-order valence-corrected chi connectivity index (χ2v) is 4.52. The molecule has 1 aliphatic heterocycles. The summed E-state index contributed by atoms with van der Waals surface area (Å²) < 4.78 is 0. The smallest absolute Gasteiger partial charge is 0.303 e. The van der Waals surface area contributed by atoms with Crippen molar-refractivity contribution in [1.82, 2.24) is 10.2 Å². The van der Waals surface area contributed by atoms with E-state index in [-0.39, 0.29) is 18.4 Å². The first-order valence-electron chi connectivity index (χ1n) is 6.35. The number of hydrogen-bond acceptors (Lipinski definition) is 3. The molecule has 5 nitrogen and oxygen atoms in total. The largest absolute Gasteiger partial charge is 0.481 e. The Labute approximate surface area is 102 Å². The average Bonchev–Trinajstić information content (AvgIpc) is 2.29. The first kappa shape index (κ1) is 14.0. The van der Waals surface area contributed by atoms with Gasteiger partial charge < -0.3 is 15.3 Å². The minimum Gasteiger partial charge on any atom is -0.481 e. The van der Waals surface area contributed by atoms with E-state index < -0.39 is 5.97 Å². The maximum atomic E-state index is 11.5. The van der Waals surface area contributed by atoms with Crippen LogP contribution in [0.3, 0.4) is 0 Å². The standard InChI is InChI=1S/C12H22N2O3/c1-2-14-8-6-10(7-9-14)13-11(15)4-3-5-12(16)17/h10H,2-9H2,1H3,(H,13,15)(H,16,17). The van der Waals surface area contributed by atoms with Gasteiger partial charge in [0.2, 0.25) is 5.91 Å². The summed E-state index contributed by atoms with van der Waals surface area (Å²) in [4.78, 5) is 24.2. The van der Waals surface area contributed by atoms with Crippen molar-refractivity contribution in [2.45, 2.75) is 45.1 Å². The van der Waals surface area contributed by atoms with Gasteiger partial charge in [0, 0.05) is 32.0 Å².